The molecular weight excluding hydrogens is 322 g/mol. The van der Waals surface area contributed by atoms with Gasteiger partial charge < -0.3 is 9.73 Å². The summed E-state index contributed by atoms with van der Waals surface area (Å²) in [5, 5.41) is 2.67. The van der Waals surface area contributed by atoms with E-state index in [0.29, 0.717) is 22.6 Å². The summed E-state index contributed by atoms with van der Waals surface area (Å²) in [5.41, 5.74) is 6.43. The van der Waals surface area contributed by atoms with Crippen molar-refractivity contribution < 1.29 is 18.8 Å². The predicted octanol–water partition coefficient (Wildman–Crippen LogP) is 1.79. The Hall–Kier alpha value is -3.09. The fraction of sp³-hybridized carbons (Fsp3) is 0.278. The van der Waals surface area contributed by atoms with Crippen LogP contribution in [0.2, 0.25) is 0 Å². The molecule has 7 heteroatoms. The van der Waals surface area contributed by atoms with Gasteiger partial charge in [0.05, 0.1) is 5.56 Å². The van der Waals surface area contributed by atoms with Gasteiger partial charge >= 0.3 is 0 Å². The number of aryl methyl sites for hydroxylation is 3. The van der Waals surface area contributed by atoms with E-state index in [1.807, 2.05) is 19.1 Å². The Kier molecular flexibility index (Phi) is 5.94. The second-order valence-electron chi connectivity index (χ2n) is 5.65. The zero-order chi connectivity index (χ0) is 18.4. The van der Waals surface area contributed by atoms with E-state index in [9.17, 15) is 14.4 Å². The molecule has 7 nitrogen and oxygen atoms in total. The van der Waals surface area contributed by atoms with Crippen molar-refractivity contribution in [3.05, 3.63) is 58.5 Å². The van der Waals surface area contributed by atoms with Crippen molar-refractivity contribution >= 4 is 17.7 Å². The Morgan fingerprint density at radius 2 is 1.68 bits per heavy atom. The van der Waals surface area contributed by atoms with Crippen molar-refractivity contribution in [1.82, 2.24) is 16.2 Å². The van der Waals surface area contributed by atoms with Crippen molar-refractivity contribution in [3.8, 4) is 0 Å². The molecule has 1 aromatic heterocycles. The van der Waals surface area contributed by atoms with Gasteiger partial charge in [0.25, 0.3) is 11.8 Å². The minimum atomic E-state index is -0.452. The van der Waals surface area contributed by atoms with Crippen LogP contribution in [0.1, 0.15) is 44.2 Å². The number of furan rings is 1. The molecule has 0 aliphatic heterocycles. The molecule has 0 atom stereocenters. The van der Waals surface area contributed by atoms with Gasteiger partial charge in [-0.15, -0.1) is 0 Å². The lowest BCUT2D eigenvalue weighted by atomic mass is 10.1. The first kappa shape index (κ1) is 18.3. The van der Waals surface area contributed by atoms with Crippen LogP contribution in [0.3, 0.4) is 0 Å². The van der Waals surface area contributed by atoms with E-state index in [2.05, 4.69) is 16.2 Å². The topological polar surface area (TPSA) is 100 Å². The highest BCUT2D eigenvalue weighted by Crippen LogP contribution is 2.12. The second kappa shape index (κ2) is 8.14. The molecule has 0 bridgehead atoms. The maximum Gasteiger partial charge on any atom is 0.273 e. The molecule has 0 aliphatic rings. The van der Waals surface area contributed by atoms with Crippen LogP contribution in [0, 0.1) is 20.8 Å². The van der Waals surface area contributed by atoms with Gasteiger partial charge in [-0.25, -0.2) is 0 Å². The van der Waals surface area contributed by atoms with Gasteiger partial charge in [0.15, 0.2) is 0 Å². The predicted molar refractivity (Wildman–Crippen MR) is 91.9 cm³/mol. The number of carbonyl (C=O) groups excluding carboxylic acids is 3. The third-order valence-electron chi connectivity index (χ3n) is 3.63. The number of carbonyl (C=O) groups is 3. The minimum Gasteiger partial charge on any atom is -0.466 e. The Bertz CT molecular complexity index is 795. The van der Waals surface area contributed by atoms with Gasteiger partial charge in [0.2, 0.25) is 5.91 Å². The number of benzene rings is 1. The summed E-state index contributed by atoms with van der Waals surface area (Å²) >= 11 is 0. The zero-order valence-corrected chi connectivity index (χ0v) is 14.4. The maximum atomic E-state index is 12.0. The fourth-order valence-corrected chi connectivity index (χ4v) is 2.33. The van der Waals surface area contributed by atoms with Crippen molar-refractivity contribution in [2.24, 2.45) is 0 Å². The molecule has 3 amide bonds. The average Bonchev–Trinajstić information content (AvgIpc) is 2.91. The number of amides is 3. The zero-order valence-electron chi connectivity index (χ0n) is 14.4. The van der Waals surface area contributed by atoms with E-state index < -0.39 is 11.8 Å². The molecule has 132 valence electrons. The molecule has 0 aliphatic carbocycles. The highest BCUT2D eigenvalue weighted by molar-refractivity contribution is 5.97. The number of hydrogen-bond acceptors (Lipinski definition) is 4. The lowest BCUT2D eigenvalue weighted by Gasteiger charge is -2.09. The standard InChI is InChI=1S/C18H21N3O4/c1-11-6-4-5-7-14(11)17(23)19-9-8-16(22)20-21-18(24)15-10-12(2)25-13(15)3/h4-7,10H,8-9H2,1-3H3,(H,19,23)(H,20,22)(H,21,24). The summed E-state index contributed by atoms with van der Waals surface area (Å²) in [6.07, 6.45) is 0.0430. The fourth-order valence-electron chi connectivity index (χ4n) is 2.33. The molecule has 3 N–H and O–H groups in total. The van der Waals surface area contributed by atoms with Gasteiger partial charge in [-0.2, -0.15) is 0 Å². The van der Waals surface area contributed by atoms with Crippen molar-refractivity contribution in [1.29, 1.82) is 0 Å². The summed E-state index contributed by atoms with van der Waals surface area (Å²) in [6.45, 7) is 5.42. The Morgan fingerprint density at radius 3 is 2.32 bits per heavy atom. The lowest BCUT2D eigenvalue weighted by molar-refractivity contribution is -0.121. The van der Waals surface area contributed by atoms with Crippen LogP contribution < -0.4 is 16.2 Å². The smallest absolute Gasteiger partial charge is 0.273 e. The molecule has 25 heavy (non-hydrogen) atoms. The molecule has 1 aromatic carbocycles. The van der Waals surface area contributed by atoms with E-state index >= 15 is 0 Å². The van der Waals surface area contributed by atoms with E-state index in [1.54, 1.807) is 32.0 Å². The SMILES string of the molecule is Cc1cc(C(=O)NNC(=O)CCNC(=O)c2ccccc2C)c(C)o1. The van der Waals surface area contributed by atoms with Gasteiger partial charge in [0.1, 0.15) is 11.5 Å². The highest BCUT2D eigenvalue weighted by atomic mass is 16.3. The van der Waals surface area contributed by atoms with Crippen LogP contribution in [-0.2, 0) is 4.79 Å². The molecule has 1 heterocycles. The summed E-state index contributed by atoms with van der Waals surface area (Å²) < 4.78 is 5.26. The summed E-state index contributed by atoms with van der Waals surface area (Å²) in [4.78, 5) is 35.7. The molecule has 0 fully saturated rings. The molecule has 0 saturated heterocycles. The van der Waals surface area contributed by atoms with Crippen molar-refractivity contribution in [2.75, 3.05) is 6.54 Å². The summed E-state index contributed by atoms with van der Waals surface area (Å²) in [7, 11) is 0. The number of hydrogen-bond donors (Lipinski definition) is 3. The molecule has 0 spiro atoms. The van der Waals surface area contributed by atoms with Crippen LogP contribution >= 0.6 is 0 Å². The van der Waals surface area contributed by atoms with Crippen molar-refractivity contribution in [3.63, 3.8) is 0 Å². The van der Waals surface area contributed by atoms with Crippen LogP contribution in [0.4, 0.5) is 0 Å². The molecule has 0 radical (unpaired) electrons. The summed E-state index contributed by atoms with van der Waals surface area (Å²) in [5.74, 6) is 0.00465. The van der Waals surface area contributed by atoms with E-state index in [1.165, 1.54) is 0 Å². The largest absolute Gasteiger partial charge is 0.466 e. The number of hydrazine groups is 1. The van der Waals surface area contributed by atoms with Crippen LogP contribution in [0.5, 0.6) is 0 Å². The highest BCUT2D eigenvalue weighted by Gasteiger charge is 2.14. The third kappa shape index (κ3) is 4.94. The van der Waals surface area contributed by atoms with Gasteiger partial charge in [0, 0.05) is 18.5 Å². The number of rotatable bonds is 5. The first-order valence-corrected chi connectivity index (χ1v) is 7.88. The van der Waals surface area contributed by atoms with E-state index in [-0.39, 0.29) is 18.9 Å². The van der Waals surface area contributed by atoms with Crippen LogP contribution in [0.25, 0.3) is 0 Å². The van der Waals surface area contributed by atoms with Crippen LogP contribution in [0.15, 0.2) is 34.7 Å². The number of nitrogens with one attached hydrogen (secondary N) is 3. The summed E-state index contributed by atoms with van der Waals surface area (Å²) in [6, 6.07) is 8.80. The Balaban J connectivity index is 1.74. The van der Waals surface area contributed by atoms with Gasteiger partial charge in [-0.3, -0.25) is 25.2 Å². The molecule has 2 aromatic rings. The molecule has 0 unspecified atom stereocenters. The molecule has 0 saturated carbocycles. The molecular formula is C18H21N3O4. The van der Waals surface area contributed by atoms with E-state index in [0.717, 1.165) is 5.56 Å². The van der Waals surface area contributed by atoms with Gasteiger partial charge in [-0.1, -0.05) is 18.2 Å². The quantitative estimate of drug-likeness (QED) is 0.721. The Labute approximate surface area is 145 Å². The normalized spacial score (nSPS) is 10.2. The van der Waals surface area contributed by atoms with E-state index in [4.69, 9.17) is 4.42 Å². The van der Waals surface area contributed by atoms with Crippen LogP contribution in [-0.4, -0.2) is 24.3 Å². The first-order valence-electron chi connectivity index (χ1n) is 7.88. The molecule has 2 rings (SSSR count). The maximum absolute atomic E-state index is 12.0. The Morgan fingerprint density at radius 1 is 0.960 bits per heavy atom. The van der Waals surface area contributed by atoms with Gasteiger partial charge in [-0.05, 0) is 38.5 Å². The lowest BCUT2D eigenvalue weighted by Crippen LogP contribution is -2.42. The monoisotopic (exact) mass is 343 g/mol. The van der Waals surface area contributed by atoms with Crippen molar-refractivity contribution in [2.45, 2.75) is 27.2 Å². The first-order chi connectivity index (χ1) is 11.9. The minimum absolute atomic E-state index is 0.0430. The average molecular weight is 343 g/mol. The second-order valence-corrected chi connectivity index (χ2v) is 5.65. The third-order valence-corrected chi connectivity index (χ3v) is 3.63.